The molecule has 0 atom stereocenters. The Morgan fingerprint density at radius 3 is 2.25 bits per heavy atom. The Bertz CT molecular complexity index is 472. The molecule has 3 rings (SSSR count). The topological polar surface area (TPSA) is 12.0 Å². The van der Waals surface area contributed by atoms with E-state index in [1.54, 1.807) is 0 Å². The third-order valence-corrected chi connectivity index (χ3v) is 2.95. The fraction of sp³-hybridized carbons (Fsp3) is 0.200. The molecular weight excluding hydrogens is 194 g/mol. The third kappa shape index (κ3) is 1.94. The smallest absolute Gasteiger partial charge is 0.0422 e. The molecule has 1 fully saturated rings. The number of benzene rings is 2. The van der Waals surface area contributed by atoms with Crippen LogP contribution >= 0.6 is 0 Å². The molecule has 16 heavy (non-hydrogen) atoms. The zero-order valence-corrected chi connectivity index (χ0v) is 9.19. The van der Waals surface area contributed by atoms with Crippen LogP contribution in [0.25, 0.3) is 11.1 Å². The summed E-state index contributed by atoms with van der Waals surface area (Å²) in [5.74, 6) is 0. The van der Waals surface area contributed by atoms with Crippen LogP contribution in [0.1, 0.15) is 12.8 Å². The van der Waals surface area contributed by atoms with Crippen molar-refractivity contribution in [3.05, 3.63) is 54.6 Å². The van der Waals surface area contributed by atoms with Crippen molar-refractivity contribution in [1.29, 1.82) is 0 Å². The second-order valence-electron chi connectivity index (χ2n) is 4.33. The Hall–Kier alpha value is -1.76. The molecular formula is C15H15N. The largest absolute Gasteiger partial charge is 0.382 e. The van der Waals surface area contributed by atoms with Crippen molar-refractivity contribution in [2.75, 3.05) is 5.32 Å². The van der Waals surface area contributed by atoms with Gasteiger partial charge in [0.25, 0.3) is 0 Å². The summed E-state index contributed by atoms with van der Waals surface area (Å²) in [4.78, 5) is 0. The number of hydrogen-bond acceptors (Lipinski definition) is 1. The van der Waals surface area contributed by atoms with Gasteiger partial charge in [0.1, 0.15) is 0 Å². The van der Waals surface area contributed by atoms with E-state index in [0.29, 0.717) is 6.04 Å². The molecule has 0 unspecified atom stereocenters. The lowest BCUT2D eigenvalue weighted by Gasteiger charge is -2.11. The van der Waals surface area contributed by atoms with Crippen LogP contribution in [0.5, 0.6) is 0 Å². The maximum atomic E-state index is 3.58. The van der Waals surface area contributed by atoms with E-state index in [4.69, 9.17) is 0 Å². The van der Waals surface area contributed by atoms with Crippen LogP contribution in [0.3, 0.4) is 0 Å². The summed E-state index contributed by atoms with van der Waals surface area (Å²) in [7, 11) is 0. The summed E-state index contributed by atoms with van der Waals surface area (Å²) < 4.78 is 0. The van der Waals surface area contributed by atoms with E-state index in [9.17, 15) is 0 Å². The van der Waals surface area contributed by atoms with Gasteiger partial charge in [-0.2, -0.15) is 0 Å². The van der Waals surface area contributed by atoms with Gasteiger partial charge in [-0.1, -0.05) is 48.5 Å². The maximum absolute atomic E-state index is 3.58. The molecule has 0 aromatic heterocycles. The molecule has 0 heterocycles. The fourth-order valence-corrected chi connectivity index (χ4v) is 1.93. The van der Waals surface area contributed by atoms with Crippen LogP contribution in [-0.2, 0) is 0 Å². The third-order valence-electron chi connectivity index (χ3n) is 2.95. The lowest BCUT2D eigenvalue weighted by Crippen LogP contribution is -2.01. The highest BCUT2D eigenvalue weighted by Gasteiger charge is 2.21. The molecule has 1 N–H and O–H groups in total. The first-order chi connectivity index (χ1) is 7.93. The Balaban J connectivity index is 1.98. The molecule has 1 aliphatic rings. The van der Waals surface area contributed by atoms with Crippen molar-refractivity contribution in [3.8, 4) is 11.1 Å². The minimum Gasteiger partial charge on any atom is -0.382 e. The molecule has 1 nitrogen and oxygen atoms in total. The van der Waals surface area contributed by atoms with Gasteiger partial charge in [0.15, 0.2) is 0 Å². The van der Waals surface area contributed by atoms with Gasteiger partial charge in [0.2, 0.25) is 0 Å². The standard InChI is InChI=1S/C15H15N/c1-2-6-12(7-3-1)14-8-4-5-9-15(14)16-13-10-11-13/h1-9,13,16H,10-11H2. The predicted molar refractivity (Wildman–Crippen MR) is 68.5 cm³/mol. The Morgan fingerprint density at radius 2 is 1.50 bits per heavy atom. The van der Waals surface area contributed by atoms with Gasteiger partial charge < -0.3 is 5.32 Å². The van der Waals surface area contributed by atoms with E-state index < -0.39 is 0 Å². The summed E-state index contributed by atoms with van der Waals surface area (Å²) in [6, 6.07) is 19.8. The second kappa shape index (κ2) is 4.01. The highest BCUT2D eigenvalue weighted by Crippen LogP contribution is 2.32. The Labute approximate surface area is 96.1 Å². The monoisotopic (exact) mass is 209 g/mol. The minimum atomic E-state index is 0.699. The number of hydrogen-bond donors (Lipinski definition) is 1. The molecule has 2 aromatic carbocycles. The van der Waals surface area contributed by atoms with Crippen molar-refractivity contribution >= 4 is 5.69 Å². The van der Waals surface area contributed by atoms with Crippen LogP contribution in [0.4, 0.5) is 5.69 Å². The van der Waals surface area contributed by atoms with Gasteiger partial charge in [0.05, 0.1) is 0 Å². The maximum Gasteiger partial charge on any atom is 0.0422 e. The van der Waals surface area contributed by atoms with Crippen molar-refractivity contribution in [2.45, 2.75) is 18.9 Å². The average molecular weight is 209 g/mol. The van der Waals surface area contributed by atoms with Crippen LogP contribution in [0, 0.1) is 0 Å². The molecule has 0 spiro atoms. The predicted octanol–water partition coefficient (Wildman–Crippen LogP) is 3.93. The van der Waals surface area contributed by atoms with Crippen molar-refractivity contribution in [1.82, 2.24) is 0 Å². The van der Waals surface area contributed by atoms with Crippen LogP contribution in [0.15, 0.2) is 54.6 Å². The van der Waals surface area contributed by atoms with Gasteiger partial charge in [-0.15, -0.1) is 0 Å². The first-order valence-corrected chi connectivity index (χ1v) is 5.84. The Kier molecular flexibility index (Phi) is 2.37. The molecule has 0 bridgehead atoms. The normalized spacial score (nSPS) is 14.8. The van der Waals surface area contributed by atoms with Gasteiger partial charge in [-0.05, 0) is 24.5 Å². The quantitative estimate of drug-likeness (QED) is 0.807. The highest BCUT2D eigenvalue weighted by atomic mass is 15.0. The van der Waals surface area contributed by atoms with E-state index in [1.165, 1.54) is 29.7 Å². The lowest BCUT2D eigenvalue weighted by atomic mass is 10.0. The fourth-order valence-electron chi connectivity index (χ4n) is 1.93. The van der Waals surface area contributed by atoms with E-state index in [-0.39, 0.29) is 0 Å². The van der Waals surface area contributed by atoms with Crippen LogP contribution in [-0.4, -0.2) is 6.04 Å². The number of anilines is 1. The van der Waals surface area contributed by atoms with Crippen LogP contribution in [0.2, 0.25) is 0 Å². The molecule has 0 radical (unpaired) electrons. The zero-order chi connectivity index (χ0) is 10.8. The van der Waals surface area contributed by atoms with E-state index in [1.807, 2.05) is 0 Å². The molecule has 1 heteroatoms. The van der Waals surface area contributed by atoms with E-state index in [0.717, 1.165) is 0 Å². The van der Waals surface area contributed by atoms with Gasteiger partial charge in [-0.25, -0.2) is 0 Å². The number of rotatable bonds is 3. The first-order valence-electron chi connectivity index (χ1n) is 5.84. The summed E-state index contributed by atoms with van der Waals surface area (Å²) in [6.07, 6.45) is 2.62. The number of nitrogens with one attached hydrogen (secondary N) is 1. The molecule has 0 aliphatic heterocycles. The molecule has 1 aliphatic carbocycles. The van der Waals surface area contributed by atoms with E-state index >= 15 is 0 Å². The molecule has 1 saturated carbocycles. The van der Waals surface area contributed by atoms with Crippen molar-refractivity contribution in [3.63, 3.8) is 0 Å². The molecule has 0 amide bonds. The SMILES string of the molecule is c1ccc(-c2ccccc2NC2CC2)cc1. The summed E-state index contributed by atoms with van der Waals surface area (Å²) in [5, 5.41) is 3.58. The zero-order valence-electron chi connectivity index (χ0n) is 9.19. The van der Waals surface area contributed by atoms with Gasteiger partial charge in [-0.3, -0.25) is 0 Å². The van der Waals surface area contributed by atoms with Crippen molar-refractivity contribution in [2.24, 2.45) is 0 Å². The first kappa shape index (κ1) is 9.46. The Morgan fingerprint density at radius 1 is 0.812 bits per heavy atom. The molecule has 2 aromatic rings. The summed E-state index contributed by atoms with van der Waals surface area (Å²) in [6.45, 7) is 0. The van der Waals surface area contributed by atoms with Gasteiger partial charge in [0, 0.05) is 17.3 Å². The summed E-state index contributed by atoms with van der Waals surface area (Å²) >= 11 is 0. The van der Waals surface area contributed by atoms with Crippen molar-refractivity contribution < 1.29 is 0 Å². The molecule has 80 valence electrons. The average Bonchev–Trinajstić information content (AvgIpc) is 3.15. The van der Waals surface area contributed by atoms with E-state index in [2.05, 4.69) is 59.9 Å². The minimum absolute atomic E-state index is 0.699. The highest BCUT2D eigenvalue weighted by molar-refractivity contribution is 5.78. The molecule has 0 saturated heterocycles. The second-order valence-corrected chi connectivity index (χ2v) is 4.33. The van der Waals surface area contributed by atoms with Crippen LogP contribution < -0.4 is 5.32 Å². The number of para-hydroxylation sites is 1. The summed E-state index contributed by atoms with van der Waals surface area (Å²) in [5.41, 5.74) is 3.84. The lowest BCUT2D eigenvalue weighted by molar-refractivity contribution is 1.16. The van der Waals surface area contributed by atoms with Gasteiger partial charge >= 0.3 is 0 Å².